The average Bonchev–Trinajstić information content (AvgIpc) is 3.23. The first-order valence-corrected chi connectivity index (χ1v) is 16.6. The molecule has 0 bridgehead atoms. The Morgan fingerprint density at radius 2 is 1.74 bits per heavy atom. The topological polar surface area (TPSA) is 85.2 Å². The lowest BCUT2D eigenvalue weighted by Gasteiger charge is -2.68. The fourth-order valence-corrected chi connectivity index (χ4v) is 12.7. The number of allylic oxidation sites excluding steroid dienone is 1. The van der Waals surface area contributed by atoms with Crippen molar-refractivity contribution in [2.75, 3.05) is 7.11 Å². The van der Waals surface area contributed by atoms with E-state index in [4.69, 9.17) is 14.2 Å². The second-order valence-corrected chi connectivity index (χ2v) is 16.7. The third-order valence-corrected chi connectivity index (χ3v) is 14.5. The van der Waals surface area contributed by atoms with Gasteiger partial charge < -0.3 is 24.4 Å². The number of aliphatic hydroxyl groups is 2. The average molecular weight is 585 g/mol. The second kappa shape index (κ2) is 9.89. The fourth-order valence-electron chi connectivity index (χ4n) is 12.7. The van der Waals surface area contributed by atoms with Gasteiger partial charge in [0.1, 0.15) is 12.2 Å². The van der Waals surface area contributed by atoms with Crippen LogP contribution in [0.15, 0.2) is 23.8 Å². The Morgan fingerprint density at radius 3 is 2.38 bits per heavy atom. The first-order valence-electron chi connectivity index (χ1n) is 16.6. The Labute approximate surface area is 253 Å². The van der Waals surface area contributed by atoms with E-state index < -0.39 is 6.10 Å². The number of esters is 1. The molecule has 2 N–H and O–H groups in total. The third-order valence-electron chi connectivity index (χ3n) is 14.5. The van der Waals surface area contributed by atoms with Gasteiger partial charge in [0.15, 0.2) is 6.29 Å². The summed E-state index contributed by atoms with van der Waals surface area (Å²) in [7, 11) is 1.74. The normalized spacial score (nSPS) is 50.9. The predicted molar refractivity (Wildman–Crippen MR) is 162 cm³/mol. The number of hydrogen-bond acceptors (Lipinski definition) is 6. The Bertz CT molecular complexity index is 1160. The monoisotopic (exact) mass is 584 g/mol. The molecule has 6 aliphatic rings. The zero-order valence-corrected chi connectivity index (χ0v) is 27.4. The van der Waals surface area contributed by atoms with Crippen molar-refractivity contribution in [1.82, 2.24) is 0 Å². The highest BCUT2D eigenvalue weighted by Gasteiger charge is 2.85. The molecule has 0 spiro atoms. The van der Waals surface area contributed by atoms with Crippen LogP contribution in [-0.4, -0.2) is 54.0 Å². The lowest BCUT2D eigenvalue weighted by molar-refractivity contribution is -0.245. The molecule has 0 aromatic carbocycles. The Balaban J connectivity index is 1.27. The van der Waals surface area contributed by atoms with Gasteiger partial charge in [0.2, 0.25) is 0 Å². The van der Waals surface area contributed by atoms with Gasteiger partial charge in [0, 0.05) is 29.9 Å². The summed E-state index contributed by atoms with van der Waals surface area (Å²) in [5.74, 6) is 1.24. The molecular weight excluding hydrogens is 528 g/mol. The van der Waals surface area contributed by atoms with Crippen molar-refractivity contribution in [3.8, 4) is 0 Å². The Morgan fingerprint density at radius 1 is 1.02 bits per heavy atom. The van der Waals surface area contributed by atoms with Crippen molar-refractivity contribution in [3.05, 3.63) is 23.8 Å². The standard InChI is InChI=1S/C36H56O6/c1-20(2)16-29(38)42-28-12-13-33(7)25-11-14-35-19-36(35,34(25,8)27(37)18-26(33)32(28,5)6)15-10-23(35)22-17-24(30(39)21(3)4)41-31(22)40-9/h16,22-28,30-31,37,39H,3,10-15,17-19H2,1-2,4-9H3/t22-,23-,24+,25+,26-,27+,28+,30?,31+,33+,34-,35+,36+/m0/s1. The predicted octanol–water partition coefficient (Wildman–Crippen LogP) is 6.59. The van der Waals surface area contributed by atoms with Crippen LogP contribution in [0.4, 0.5) is 0 Å². The number of carbonyl (C=O) groups is 1. The van der Waals surface area contributed by atoms with E-state index in [1.54, 1.807) is 13.2 Å². The van der Waals surface area contributed by atoms with Crippen LogP contribution in [0.1, 0.15) is 106 Å². The summed E-state index contributed by atoms with van der Waals surface area (Å²) in [5, 5.41) is 23.1. The number of carbonyl (C=O) groups excluding carboxylic acids is 1. The van der Waals surface area contributed by atoms with E-state index in [1.807, 2.05) is 20.8 Å². The van der Waals surface area contributed by atoms with Gasteiger partial charge in [-0.05, 0) is 118 Å². The summed E-state index contributed by atoms with van der Waals surface area (Å²) in [5.41, 5.74) is 1.83. The molecule has 1 aliphatic heterocycles. The number of hydrogen-bond donors (Lipinski definition) is 2. The first-order chi connectivity index (χ1) is 19.6. The SMILES string of the molecule is C=C(C)C(O)[C@H]1C[C@@H]([C@@H]2CC[C@]34C[C@]23CC[C@@H]2[C@@]3(C)CC[C@@H](OC(=O)C=C(C)C)C(C)(C)[C@@H]3C[C@@H](O)[C@]24C)[C@H](OC)O1. The molecule has 1 saturated heterocycles. The molecule has 1 unspecified atom stereocenters. The van der Waals surface area contributed by atoms with E-state index in [-0.39, 0.29) is 63.6 Å². The van der Waals surface area contributed by atoms with Crippen LogP contribution in [0.2, 0.25) is 0 Å². The van der Waals surface area contributed by atoms with Gasteiger partial charge in [0.05, 0.1) is 12.2 Å². The van der Waals surface area contributed by atoms with E-state index in [1.165, 1.54) is 12.8 Å². The molecule has 6 nitrogen and oxygen atoms in total. The van der Waals surface area contributed by atoms with Crippen molar-refractivity contribution in [2.24, 2.45) is 50.7 Å². The maximum atomic E-state index is 12.7. The van der Waals surface area contributed by atoms with Crippen molar-refractivity contribution in [1.29, 1.82) is 0 Å². The smallest absolute Gasteiger partial charge is 0.330 e. The maximum absolute atomic E-state index is 12.7. The highest BCUT2D eigenvalue weighted by Crippen LogP contribution is 2.91. The van der Waals surface area contributed by atoms with Crippen molar-refractivity contribution in [3.63, 3.8) is 0 Å². The number of fused-ring (bicyclic) bond motifs is 3. The zero-order chi connectivity index (χ0) is 30.6. The number of rotatable bonds is 6. The quantitative estimate of drug-likeness (QED) is 0.208. The summed E-state index contributed by atoms with van der Waals surface area (Å²) >= 11 is 0. The molecule has 0 amide bonds. The molecule has 0 radical (unpaired) electrons. The van der Waals surface area contributed by atoms with Crippen LogP contribution in [0.3, 0.4) is 0 Å². The summed E-state index contributed by atoms with van der Waals surface area (Å²) < 4.78 is 18.3. The lowest BCUT2D eigenvalue weighted by atomic mass is 9.37. The van der Waals surface area contributed by atoms with Gasteiger partial charge in [-0.3, -0.25) is 0 Å². The fraction of sp³-hybridized carbons (Fsp3) is 0.861. The Hall–Kier alpha value is -1.21. The Kier molecular flexibility index (Phi) is 7.26. The van der Waals surface area contributed by atoms with Crippen molar-refractivity contribution in [2.45, 2.75) is 137 Å². The lowest BCUT2D eigenvalue weighted by Crippen LogP contribution is -2.66. The van der Waals surface area contributed by atoms with Crippen LogP contribution in [0.25, 0.3) is 0 Å². The van der Waals surface area contributed by atoms with Crippen LogP contribution in [0.5, 0.6) is 0 Å². The van der Waals surface area contributed by atoms with E-state index in [9.17, 15) is 15.0 Å². The second-order valence-electron chi connectivity index (χ2n) is 16.7. The van der Waals surface area contributed by atoms with E-state index in [2.05, 4.69) is 34.3 Å². The molecule has 6 rings (SSSR count). The minimum absolute atomic E-state index is 0.0979. The summed E-state index contributed by atoms with van der Waals surface area (Å²) in [6, 6.07) is 0. The van der Waals surface area contributed by atoms with Crippen molar-refractivity contribution >= 4 is 5.97 Å². The number of ether oxygens (including phenoxy) is 3. The third kappa shape index (κ3) is 3.93. The molecule has 13 atom stereocenters. The molecule has 0 aromatic rings. The molecule has 6 heteroatoms. The van der Waals surface area contributed by atoms with Crippen molar-refractivity contribution < 1.29 is 29.2 Å². The molecular formula is C36H56O6. The van der Waals surface area contributed by atoms with Crippen LogP contribution in [0, 0.1) is 50.7 Å². The molecule has 5 saturated carbocycles. The molecule has 0 aromatic heterocycles. The van der Waals surface area contributed by atoms with E-state index >= 15 is 0 Å². The minimum atomic E-state index is -0.666. The summed E-state index contributed by atoms with van der Waals surface area (Å²) in [6.45, 7) is 19.2. The van der Waals surface area contributed by atoms with Crippen LogP contribution in [-0.2, 0) is 19.0 Å². The van der Waals surface area contributed by atoms with Gasteiger partial charge in [-0.2, -0.15) is 0 Å². The van der Waals surface area contributed by atoms with Gasteiger partial charge in [-0.25, -0.2) is 4.79 Å². The molecule has 5 aliphatic carbocycles. The summed E-state index contributed by atoms with van der Waals surface area (Å²) in [6.07, 6.45) is 9.21. The van der Waals surface area contributed by atoms with Crippen LogP contribution >= 0.6 is 0 Å². The minimum Gasteiger partial charge on any atom is -0.459 e. The highest BCUT2D eigenvalue weighted by atomic mass is 16.7. The van der Waals surface area contributed by atoms with E-state index in [0.29, 0.717) is 17.8 Å². The first kappa shape index (κ1) is 30.8. The van der Waals surface area contributed by atoms with Gasteiger partial charge in [-0.15, -0.1) is 0 Å². The molecule has 1 heterocycles. The maximum Gasteiger partial charge on any atom is 0.330 e. The number of methoxy groups -OCH3 is 1. The van der Waals surface area contributed by atoms with Gasteiger partial charge in [-0.1, -0.05) is 39.8 Å². The summed E-state index contributed by atoms with van der Waals surface area (Å²) in [4.78, 5) is 12.7. The molecule has 6 fully saturated rings. The number of aliphatic hydroxyl groups excluding tert-OH is 2. The van der Waals surface area contributed by atoms with Gasteiger partial charge >= 0.3 is 5.97 Å². The van der Waals surface area contributed by atoms with Gasteiger partial charge in [0.25, 0.3) is 0 Å². The van der Waals surface area contributed by atoms with Crippen LogP contribution < -0.4 is 0 Å². The zero-order valence-electron chi connectivity index (χ0n) is 27.4. The molecule has 42 heavy (non-hydrogen) atoms. The largest absolute Gasteiger partial charge is 0.459 e. The highest BCUT2D eigenvalue weighted by molar-refractivity contribution is 5.82. The van der Waals surface area contributed by atoms with E-state index in [0.717, 1.165) is 56.1 Å². The molecule has 236 valence electrons.